The van der Waals surface area contributed by atoms with Gasteiger partial charge in [-0.1, -0.05) is 58.4 Å². The minimum Gasteiger partial charge on any atom is -0.304 e. The zero-order chi connectivity index (χ0) is 17.3. The smallest absolute Gasteiger partial charge is 0.258 e. The standard InChI is InChI=1S/C22H27NO/c1-5-6-16-7-10-18-15-23(21(24)20(18)13-16)19-11-8-17(9-12-19)14-22(2,3)4/h7-13H,5-6,14-15H2,1-4H3. The Labute approximate surface area is 145 Å². The summed E-state index contributed by atoms with van der Waals surface area (Å²) in [5, 5.41) is 0. The first-order valence-electron chi connectivity index (χ1n) is 8.90. The van der Waals surface area contributed by atoms with E-state index in [0.29, 0.717) is 6.54 Å². The maximum Gasteiger partial charge on any atom is 0.258 e. The molecule has 0 aliphatic carbocycles. The van der Waals surface area contributed by atoms with Crippen LogP contribution in [-0.2, 0) is 19.4 Å². The molecular formula is C22H27NO. The fourth-order valence-corrected chi connectivity index (χ4v) is 3.41. The molecule has 0 bridgehead atoms. The number of nitrogens with zero attached hydrogens (tertiary/aromatic N) is 1. The number of amides is 1. The third-order valence-corrected chi connectivity index (χ3v) is 4.50. The Balaban J connectivity index is 1.80. The Hall–Kier alpha value is -2.09. The van der Waals surface area contributed by atoms with Crippen molar-refractivity contribution in [1.29, 1.82) is 0 Å². The molecule has 3 rings (SSSR count). The molecule has 2 heteroatoms. The van der Waals surface area contributed by atoms with Crippen molar-refractivity contribution >= 4 is 11.6 Å². The van der Waals surface area contributed by atoms with Crippen LogP contribution in [0.1, 0.15) is 61.2 Å². The lowest BCUT2D eigenvalue weighted by Gasteiger charge is -2.20. The molecule has 2 aromatic carbocycles. The maximum absolute atomic E-state index is 12.8. The maximum atomic E-state index is 12.8. The number of fused-ring (bicyclic) bond motifs is 1. The molecule has 0 aromatic heterocycles. The quantitative estimate of drug-likeness (QED) is 0.739. The number of aryl methyl sites for hydroxylation is 1. The van der Waals surface area contributed by atoms with Crippen molar-refractivity contribution in [3.8, 4) is 0 Å². The van der Waals surface area contributed by atoms with E-state index in [0.717, 1.165) is 36.1 Å². The first kappa shape index (κ1) is 16.8. The second-order valence-electron chi connectivity index (χ2n) is 8.04. The van der Waals surface area contributed by atoms with Gasteiger partial charge in [-0.05, 0) is 53.1 Å². The lowest BCUT2D eigenvalue weighted by atomic mass is 9.88. The van der Waals surface area contributed by atoms with Crippen LogP contribution in [-0.4, -0.2) is 5.91 Å². The Morgan fingerprint density at radius 3 is 2.29 bits per heavy atom. The monoisotopic (exact) mass is 321 g/mol. The summed E-state index contributed by atoms with van der Waals surface area (Å²) in [4.78, 5) is 14.7. The molecule has 126 valence electrons. The predicted molar refractivity (Wildman–Crippen MR) is 101 cm³/mol. The van der Waals surface area contributed by atoms with E-state index in [1.54, 1.807) is 0 Å². The van der Waals surface area contributed by atoms with Crippen molar-refractivity contribution in [1.82, 2.24) is 0 Å². The van der Waals surface area contributed by atoms with Crippen LogP contribution in [0, 0.1) is 5.41 Å². The number of anilines is 1. The first-order chi connectivity index (χ1) is 11.4. The molecular weight excluding hydrogens is 294 g/mol. The van der Waals surface area contributed by atoms with Gasteiger partial charge in [-0.3, -0.25) is 4.79 Å². The van der Waals surface area contributed by atoms with E-state index in [1.165, 1.54) is 11.1 Å². The Kier molecular flexibility index (Phi) is 4.49. The van der Waals surface area contributed by atoms with Gasteiger partial charge < -0.3 is 4.90 Å². The summed E-state index contributed by atoms with van der Waals surface area (Å²) in [6, 6.07) is 14.8. The van der Waals surface area contributed by atoms with Gasteiger partial charge in [0.25, 0.3) is 5.91 Å². The Bertz CT molecular complexity index is 738. The molecule has 0 N–H and O–H groups in total. The molecule has 24 heavy (non-hydrogen) atoms. The summed E-state index contributed by atoms with van der Waals surface area (Å²) < 4.78 is 0. The van der Waals surface area contributed by atoms with Crippen LogP contribution in [0.4, 0.5) is 5.69 Å². The molecule has 0 saturated carbocycles. The predicted octanol–water partition coefficient (Wildman–Crippen LogP) is 5.39. The van der Waals surface area contributed by atoms with Crippen LogP contribution in [0.15, 0.2) is 42.5 Å². The minimum atomic E-state index is 0.131. The zero-order valence-electron chi connectivity index (χ0n) is 15.2. The van der Waals surface area contributed by atoms with E-state index in [9.17, 15) is 4.79 Å². The minimum absolute atomic E-state index is 0.131. The summed E-state index contributed by atoms with van der Waals surface area (Å²) >= 11 is 0. The van der Waals surface area contributed by atoms with Crippen LogP contribution in [0.25, 0.3) is 0 Å². The lowest BCUT2D eigenvalue weighted by molar-refractivity contribution is 0.0996. The van der Waals surface area contributed by atoms with Crippen molar-refractivity contribution in [3.63, 3.8) is 0 Å². The average molecular weight is 321 g/mol. The molecule has 1 heterocycles. The third-order valence-electron chi connectivity index (χ3n) is 4.50. The van der Waals surface area contributed by atoms with Crippen LogP contribution >= 0.6 is 0 Å². The summed E-state index contributed by atoms with van der Waals surface area (Å²) in [7, 11) is 0. The van der Waals surface area contributed by atoms with Gasteiger partial charge in [-0.2, -0.15) is 0 Å². The number of benzene rings is 2. The summed E-state index contributed by atoms with van der Waals surface area (Å²) in [6.07, 6.45) is 3.18. The van der Waals surface area contributed by atoms with E-state index in [1.807, 2.05) is 4.90 Å². The van der Waals surface area contributed by atoms with Crippen molar-refractivity contribution in [2.24, 2.45) is 5.41 Å². The largest absolute Gasteiger partial charge is 0.304 e. The van der Waals surface area contributed by atoms with E-state index in [4.69, 9.17) is 0 Å². The third kappa shape index (κ3) is 3.53. The molecule has 0 radical (unpaired) electrons. The first-order valence-corrected chi connectivity index (χ1v) is 8.90. The van der Waals surface area contributed by atoms with E-state index in [2.05, 4.69) is 70.2 Å². The number of hydrogen-bond acceptors (Lipinski definition) is 1. The van der Waals surface area contributed by atoms with Crippen LogP contribution in [0.3, 0.4) is 0 Å². The highest BCUT2D eigenvalue weighted by molar-refractivity contribution is 6.10. The zero-order valence-corrected chi connectivity index (χ0v) is 15.2. The number of hydrogen-bond donors (Lipinski definition) is 0. The fourth-order valence-electron chi connectivity index (χ4n) is 3.41. The topological polar surface area (TPSA) is 20.3 Å². The van der Waals surface area contributed by atoms with Crippen molar-refractivity contribution in [2.75, 3.05) is 4.90 Å². The molecule has 1 aliphatic rings. The second kappa shape index (κ2) is 6.43. The molecule has 0 unspecified atom stereocenters. The van der Waals surface area contributed by atoms with Gasteiger partial charge in [0.2, 0.25) is 0 Å². The van der Waals surface area contributed by atoms with E-state index < -0.39 is 0 Å². The highest BCUT2D eigenvalue weighted by atomic mass is 16.2. The number of carbonyl (C=O) groups excluding carboxylic acids is 1. The number of carbonyl (C=O) groups is 1. The fraction of sp³-hybridized carbons (Fsp3) is 0.409. The van der Waals surface area contributed by atoms with Crippen LogP contribution in [0.2, 0.25) is 0 Å². The molecule has 1 amide bonds. The highest BCUT2D eigenvalue weighted by Crippen LogP contribution is 2.30. The summed E-state index contributed by atoms with van der Waals surface area (Å²) in [5.41, 5.74) is 5.86. The van der Waals surface area contributed by atoms with E-state index in [-0.39, 0.29) is 11.3 Å². The van der Waals surface area contributed by atoms with Crippen molar-refractivity contribution < 1.29 is 4.79 Å². The van der Waals surface area contributed by atoms with Gasteiger partial charge in [0.1, 0.15) is 0 Å². The average Bonchev–Trinajstić information content (AvgIpc) is 2.84. The highest BCUT2D eigenvalue weighted by Gasteiger charge is 2.28. The van der Waals surface area contributed by atoms with Gasteiger partial charge in [0, 0.05) is 11.3 Å². The van der Waals surface area contributed by atoms with Crippen LogP contribution < -0.4 is 4.90 Å². The molecule has 0 atom stereocenters. The molecule has 0 saturated heterocycles. The SMILES string of the molecule is CCCc1ccc2c(c1)C(=O)N(c1ccc(CC(C)(C)C)cc1)C2. The molecule has 2 aromatic rings. The lowest BCUT2D eigenvalue weighted by Crippen LogP contribution is -2.23. The summed E-state index contributed by atoms with van der Waals surface area (Å²) in [5.74, 6) is 0.131. The molecule has 1 aliphatic heterocycles. The molecule has 0 fully saturated rings. The molecule has 2 nitrogen and oxygen atoms in total. The van der Waals surface area contributed by atoms with Gasteiger partial charge in [-0.25, -0.2) is 0 Å². The summed E-state index contributed by atoms with van der Waals surface area (Å²) in [6.45, 7) is 9.58. The second-order valence-corrected chi connectivity index (χ2v) is 8.04. The Morgan fingerprint density at radius 2 is 1.67 bits per heavy atom. The molecule has 0 spiro atoms. The van der Waals surface area contributed by atoms with Gasteiger partial charge in [-0.15, -0.1) is 0 Å². The normalized spacial score (nSPS) is 14.2. The van der Waals surface area contributed by atoms with E-state index >= 15 is 0 Å². The van der Waals surface area contributed by atoms with Gasteiger partial charge in [0.15, 0.2) is 0 Å². The number of rotatable bonds is 4. The van der Waals surface area contributed by atoms with Crippen molar-refractivity contribution in [3.05, 3.63) is 64.7 Å². The van der Waals surface area contributed by atoms with Gasteiger partial charge >= 0.3 is 0 Å². The van der Waals surface area contributed by atoms with Gasteiger partial charge in [0.05, 0.1) is 6.54 Å². The Morgan fingerprint density at radius 1 is 1.00 bits per heavy atom. The van der Waals surface area contributed by atoms with Crippen LogP contribution in [0.5, 0.6) is 0 Å². The van der Waals surface area contributed by atoms with Crippen molar-refractivity contribution in [2.45, 2.75) is 53.5 Å².